The van der Waals surface area contributed by atoms with Gasteiger partial charge < -0.3 is 74.2 Å². The summed E-state index contributed by atoms with van der Waals surface area (Å²) in [4.78, 5) is 106. The van der Waals surface area contributed by atoms with E-state index in [1.807, 2.05) is 0 Å². The third-order valence-corrected chi connectivity index (χ3v) is 8.15. The number of aliphatic hydroxyl groups excluding tert-OH is 3. The molecule has 0 aromatic carbocycles. The molecule has 306 valence electrons. The minimum atomic E-state index is -1.73. The first-order valence-corrected chi connectivity index (χ1v) is 17.2. The van der Waals surface area contributed by atoms with Crippen LogP contribution in [0.3, 0.4) is 0 Å². The van der Waals surface area contributed by atoms with E-state index in [-0.39, 0.29) is 50.7 Å². The molecule has 0 unspecified atom stereocenters. The predicted octanol–water partition coefficient (Wildman–Crippen LogP) is -6.25. The molecule has 0 aliphatic carbocycles. The van der Waals surface area contributed by atoms with E-state index in [2.05, 4.69) is 31.6 Å². The lowest BCUT2D eigenvalue weighted by Gasteiger charge is -2.31. The molecule has 1 aliphatic heterocycles. The highest BCUT2D eigenvalue weighted by molar-refractivity contribution is 5.97. The largest absolute Gasteiger partial charge is 0.481 e. The number of carbonyl (C=O) groups is 8. The molecule has 0 radical (unpaired) electrons. The van der Waals surface area contributed by atoms with Gasteiger partial charge in [0.15, 0.2) is 12.0 Å². The monoisotopic (exact) mass is 774 g/mol. The average molecular weight is 775 g/mol. The Bertz CT molecular complexity index is 1370. The number of hydrogen-bond acceptors (Lipinski definition) is 13. The van der Waals surface area contributed by atoms with Gasteiger partial charge in [-0.3, -0.25) is 38.6 Å². The molecular weight excluding hydrogens is 720 g/mol. The lowest BCUT2D eigenvalue weighted by molar-refractivity contribution is -0.145. The van der Waals surface area contributed by atoms with E-state index in [9.17, 15) is 58.8 Å². The van der Waals surface area contributed by atoms with E-state index in [0.717, 1.165) is 6.92 Å². The molecule has 8 atom stereocenters. The van der Waals surface area contributed by atoms with Gasteiger partial charge in [-0.25, -0.2) is 4.79 Å². The van der Waals surface area contributed by atoms with Crippen LogP contribution in [0.15, 0.2) is 4.99 Å². The minimum Gasteiger partial charge on any atom is -0.481 e. The number of nitrogens with zero attached hydrogens (tertiary/aromatic N) is 2. The van der Waals surface area contributed by atoms with E-state index in [0.29, 0.717) is 6.42 Å². The number of carboxylic acids is 2. The molecule has 54 heavy (non-hydrogen) atoms. The molecule has 1 saturated heterocycles. The van der Waals surface area contributed by atoms with Gasteiger partial charge in [-0.2, -0.15) is 0 Å². The van der Waals surface area contributed by atoms with Crippen LogP contribution in [-0.2, 0) is 38.4 Å². The Morgan fingerprint density at radius 1 is 0.796 bits per heavy atom. The first-order chi connectivity index (χ1) is 25.2. The number of hydrogen-bond donors (Lipinski definition) is 13. The van der Waals surface area contributed by atoms with Gasteiger partial charge in [-0.1, -0.05) is 13.8 Å². The highest BCUT2D eigenvalue weighted by Gasteiger charge is 2.40. The fraction of sp³-hybridized carbons (Fsp3) is 0.710. The number of aliphatic hydroxyl groups is 3. The third kappa shape index (κ3) is 15.5. The standard InChI is InChI=1S/C31H54N10O13/c1-14(2)10-18(37-27(50)19(12-42)38-24(47)16(32)11-22(45)46)29(52)41-9-5-7-21(41)28(51)39-20(13-43)26(49)36-17(6-4-8-35-31(33)34)25(48)40-23(15(3)44)30(53)54/h14-21,23,42-44H,4-13,32H2,1-3H3,(H,36,49)(H,37,50)(H,38,47)(H,39,51)(H,40,48)(H,45,46)(H,53,54)(H4,33,34,35)/t15-,16+,17+,18+,19+,20+,21+,23+/m1/s1. The molecule has 6 amide bonds. The Labute approximate surface area is 310 Å². The molecule has 0 aromatic rings. The first-order valence-electron chi connectivity index (χ1n) is 17.2. The number of aliphatic carboxylic acids is 2. The number of guanidine groups is 1. The maximum Gasteiger partial charge on any atom is 0.328 e. The molecule has 0 aromatic heterocycles. The van der Waals surface area contributed by atoms with Crippen molar-refractivity contribution in [2.24, 2.45) is 28.1 Å². The van der Waals surface area contributed by atoms with E-state index >= 15 is 0 Å². The number of likely N-dealkylation sites (tertiary alicyclic amines) is 1. The Morgan fingerprint density at radius 2 is 1.33 bits per heavy atom. The van der Waals surface area contributed by atoms with Crippen molar-refractivity contribution < 1.29 is 63.9 Å². The molecule has 23 heteroatoms. The second kappa shape index (κ2) is 22.8. The lowest BCUT2D eigenvalue weighted by atomic mass is 10.0. The number of carboxylic acid groups (broad SMARTS) is 2. The van der Waals surface area contributed by atoms with Gasteiger partial charge in [0.1, 0.15) is 30.2 Å². The summed E-state index contributed by atoms with van der Waals surface area (Å²) in [6.07, 6.45) is -1.73. The quantitative estimate of drug-likeness (QED) is 0.0261. The van der Waals surface area contributed by atoms with Crippen molar-refractivity contribution in [3.63, 3.8) is 0 Å². The van der Waals surface area contributed by atoms with Crippen molar-refractivity contribution in [3.05, 3.63) is 0 Å². The zero-order valence-electron chi connectivity index (χ0n) is 30.4. The first kappa shape index (κ1) is 46.9. The van der Waals surface area contributed by atoms with Gasteiger partial charge in [-0.05, 0) is 44.9 Å². The molecule has 0 bridgehead atoms. The molecular formula is C31H54N10O13. The Morgan fingerprint density at radius 3 is 1.83 bits per heavy atom. The Balaban J connectivity index is 3.14. The molecule has 1 fully saturated rings. The SMILES string of the molecule is CC(C)C[C@H](NC(=O)[C@H](CO)NC(=O)[C@@H](N)CC(=O)O)C(=O)N1CCC[C@H]1C(=O)N[C@@H](CO)C(=O)N[C@@H](CCCN=C(N)N)C(=O)N[C@H](C(=O)O)[C@@H](C)O. The smallest absolute Gasteiger partial charge is 0.328 e. The van der Waals surface area contributed by atoms with Crippen molar-refractivity contribution in [2.45, 2.75) is 108 Å². The molecule has 1 rings (SSSR count). The maximum absolute atomic E-state index is 13.8. The maximum atomic E-state index is 13.8. The number of nitrogens with one attached hydrogen (secondary N) is 5. The van der Waals surface area contributed by atoms with Crippen molar-refractivity contribution in [1.29, 1.82) is 0 Å². The summed E-state index contributed by atoms with van der Waals surface area (Å²) >= 11 is 0. The molecule has 23 nitrogen and oxygen atoms in total. The molecule has 0 saturated carbocycles. The van der Waals surface area contributed by atoms with Gasteiger partial charge in [-0.15, -0.1) is 0 Å². The van der Waals surface area contributed by atoms with Crippen molar-refractivity contribution >= 4 is 53.3 Å². The van der Waals surface area contributed by atoms with E-state index in [1.54, 1.807) is 13.8 Å². The second-order valence-corrected chi connectivity index (χ2v) is 13.1. The summed E-state index contributed by atoms with van der Waals surface area (Å²) in [5.41, 5.74) is 16.2. The summed E-state index contributed by atoms with van der Waals surface area (Å²) in [6.45, 7) is 2.85. The number of aliphatic imine (C=N–C) groups is 1. The number of amides is 6. The van der Waals surface area contributed by atoms with Gasteiger partial charge in [0.05, 0.1) is 31.8 Å². The molecule has 1 aliphatic rings. The van der Waals surface area contributed by atoms with Crippen LogP contribution < -0.4 is 43.8 Å². The van der Waals surface area contributed by atoms with Crippen LogP contribution >= 0.6 is 0 Å². The van der Waals surface area contributed by atoms with Crippen molar-refractivity contribution in [3.8, 4) is 0 Å². The zero-order valence-corrected chi connectivity index (χ0v) is 30.4. The zero-order chi connectivity index (χ0) is 41.3. The normalized spacial score (nSPS) is 17.8. The van der Waals surface area contributed by atoms with E-state index in [4.69, 9.17) is 22.3 Å². The van der Waals surface area contributed by atoms with E-state index < -0.39 is 115 Å². The Kier molecular flexibility index (Phi) is 19.8. The molecule has 1 heterocycles. The minimum absolute atomic E-state index is 0.0287. The second-order valence-electron chi connectivity index (χ2n) is 13.1. The van der Waals surface area contributed by atoms with Crippen LogP contribution in [0.1, 0.15) is 59.3 Å². The highest BCUT2D eigenvalue weighted by Crippen LogP contribution is 2.21. The summed E-state index contributed by atoms with van der Waals surface area (Å²) in [6, 6.07) is -10.4. The summed E-state index contributed by atoms with van der Waals surface area (Å²) in [7, 11) is 0. The van der Waals surface area contributed by atoms with Gasteiger partial charge >= 0.3 is 11.9 Å². The lowest BCUT2D eigenvalue weighted by Crippen LogP contribution is -2.60. The van der Waals surface area contributed by atoms with E-state index in [1.165, 1.54) is 4.90 Å². The van der Waals surface area contributed by atoms with Crippen LogP contribution in [0.4, 0.5) is 0 Å². The van der Waals surface area contributed by atoms with Crippen LogP contribution in [0.25, 0.3) is 0 Å². The fourth-order valence-corrected chi connectivity index (χ4v) is 5.37. The van der Waals surface area contributed by atoms with Crippen molar-refractivity contribution in [2.75, 3.05) is 26.3 Å². The van der Waals surface area contributed by atoms with Crippen molar-refractivity contribution in [1.82, 2.24) is 31.5 Å². The molecule has 16 N–H and O–H groups in total. The fourth-order valence-electron chi connectivity index (χ4n) is 5.37. The number of rotatable bonds is 23. The summed E-state index contributed by atoms with van der Waals surface area (Å²) in [5, 5.41) is 59.3. The number of carbonyl (C=O) groups excluding carboxylic acids is 6. The van der Waals surface area contributed by atoms with Crippen LogP contribution in [-0.4, -0.2) is 158 Å². The number of nitrogens with two attached hydrogens (primary N) is 3. The third-order valence-electron chi connectivity index (χ3n) is 8.15. The highest BCUT2D eigenvalue weighted by atomic mass is 16.4. The van der Waals surface area contributed by atoms with Gasteiger partial charge in [0.2, 0.25) is 35.4 Å². The predicted molar refractivity (Wildman–Crippen MR) is 187 cm³/mol. The van der Waals surface area contributed by atoms with Crippen LogP contribution in [0.5, 0.6) is 0 Å². The molecule has 0 spiro atoms. The topological polar surface area (TPSA) is 392 Å². The summed E-state index contributed by atoms with van der Waals surface area (Å²) in [5.74, 6) is -8.94. The van der Waals surface area contributed by atoms with Gasteiger partial charge in [0.25, 0.3) is 0 Å². The van der Waals surface area contributed by atoms with Crippen LogP contribution in [0.2, 0.25) is 0 Å². The Hall–Kier alpha value is -5.13. The average Bonchev–Trinajstić information content (AvgIpc) is 3.58. The van der Waals surface area contributed by atoms with Gasteiger partial charge in [0, 0.05) is 13.1 Å². The summed E-state index contributed by atoms with van der Waals surface area (Å²) < 4.78 is 0. The van der Waals surface area contributed by atoms with Crippen LogP contribution in [0, 0.1) is 5.92 Å².